The van der Waals surface area contributed by atoms with Gasteiger partial charge in [-0.25, -0.2) is 10.2 Å². The van der Waals surface area contributed by atoms with E-state index in [0.717, 1.165) is 32.8 Å². The number of amides is 1. The Kier molecular flexibility index (Phi) is 6.67. The van der Waals surface area contributed by atoms with Gasteiger partial charge in [-0.3, -0.25) is 4.79 Å². The van der Waals surface area contributed by atoms with Crippen LogP contribution in [0.3, 0.4) is 0 Å². The highest BCUT2D eigenvalue weighted by Gasteiger charge is 2.12. The zero-order chi connectivity index (χ0) is 24.7. The molecule has 0 saturated carbocycles. The topological polar surface area (TPSA) is 79.8 Å². The second-order valence-corrected chi connectivity index (χ2v) is 8.16. The standard InChI is InChI=1S/C30H23N3O3/c34-29(20-31-28-14-6-10-23-8-2-4-12-26(23)28)33-32-19-21-15-17-24(18-16-21)36-30(35)27-13-5-9-22-7-1-3-11-25(22)27/h1-19,31H,20H2,(H,33,34)/b32-19-. The zero-order valence-corrected chi connectivity index (χ0v) is 19.3. The lowest BCUT2D eigenvalue weighted by atomic mass is 10.0. The monoisotopic (exact) mass is 473 g/mol. The van der Waals surface area contributed by atoms with Crippen molar-refractivity contribution in [1.82, 2.24) is 5.43 Å². The number of anilines is 1. The molecular weight excluding hydrogens is 450 g/mol. The Morgan fingerprint density at radius 1 is 0.722 bits per heavy atom. The third kappa shape index (κ3) is 5.23. The number of hydrazone groups is 1. The van der Waals surface area contributed by atoms with Crippen molar-refractivity contribution in [2.24, 2.45) is 5.10 Å². The first-order chi connectivity index (χ1) is 17.7. The van der Waals surface area contributed by atoms with Crippen LogP contribution in [0.4, 0.5) is 5.69 Å². The molecule has 5 aromatic carbocycles. The van der Waals surface area contributed by atoms with Gasteiger partial charge in [-0.05, 0) is 58.1 Å². The third-order valence-corrected chi connectivity index (χ3v) is 5.73. The van der Waals surface area contributed by atoms with Gasteiger partial charge < -0.3 is 10.1 Å². The molecule has 0 atom stereocenters. The Balaban J connectivity index is 1.15. The highest BCUT2D eigenvalue weighted by Crippen LogP contribution is 2.23. The van der Waals surface area contributed by atoms with Crippen LogP contribution in [0.2, 0.25) is 0 Å². The van der Waals surface area contributed by atoms with E-state index >= 15 is 0 Å². The number of hydrogen-bond acceptors (Lipinski definition) is 5. The molecule has 0 saturated heterocycles. The average molecular weight is 474 g/mol. The van der Waals surface area contributed by atoms with Crippen LogP contribution in [-0.4, -0.2) is 24.6 Å². The summed E-state index contributed by atoms with van der Waals surface area (Å²) in [6.07, 6.45) is 1.53. The molecule has 6 nitrogen and oxygen atoms in total. The van der Waals surface area contributed by atoms with Gasteiger partial charge in [-0.15, -0.1) is 0 Å². The van der Waals surface area contributed by atoms with Crippen molar-refractivity contribution in [3.05, 3.63) is 120 Å². The maximum atomic E-state index is 12.7. The molecule has 0 fully saturated rings. The van der Waals surface area contributed by atoms with Gasteiger partial charge in [0.2, 0.25) is 0 Å². The Morgan fingerprint density at radius 2 is 1.36 bits per heavy atom. The summed E-state index contributed by atoms with van der Waals surface area (Å²) >= 11 is 0. The van der Waals surface area contributed by atoms with Crippen LogP contribution in [0.1, 0.15) is 15.9 Å². The molecular formula is C30H23N3O3. The molecule has 2 N–H and O–H groups in total. The third-order valence-electron chi connectivity index (χ3n) is 5.73. The van der Waals surface area contributed by atoms with Crippen molar-refractivity contribution in [1.29, 1.82) is 0 Å². The second kappa shape index (κ2) is 10.5. The van der Waals surface area contributed by atoms with Crippen molar-refractivity contribution in [2.75, 3.05) is 11.9 Å². The van der Waals surface area contributed by atoms with Gasteiger partial charge in [-0.1, -0.05) is 72.8 Å². The van der Waals surface area contributed by atoms with E-state index in [1.807, 2.05) is 78.9 Å². The summed E-state index contributed by atoms with van der Waals surface area (Å²) in [4.78, 5) is 24.9. The summed E-state index contributed by atoms with van der Waals surface area (Å²) < 4.78 is 5.55. The largest absolute Gasteiger partial charge is 0.423 e. The normalized spacial score (nSPS) is 11.0. The van der Waals surface area contributed by atoms with E-state index in [9.17, 15) is 9.59 Å². The molecule has 0 bridgehead atoms. The fourth-order valence-electron chi connectivity index (χ4n) is 3.96. The van der Waals surface area contributed by atoms with Crippen molar-refractivity contribution in [3.63, 3.8) is 0 Å². The lowest BCUT2D eigenvalue weighted by Crippen LogP contribution is -2.25. The molecule has 1 amide bonds. The van der Waals surface area contributed by atoms with Crippen molar-refractivity contribution in [3.8, 4) is 5.75 Å². The molecule has 0 radical (unpaired) electrons. The van der Waals surface area contributed by atoms with Crippen LogP contribution in [0.15, 0.2) is 114 Å². The van der Waals surface area contributed by atoms with Gasteiger partial charge in [0.15, 0.2) is 0 Å². The molecule has 0 aromatic heterocycles. The molecule has 0 aliphatic carbocycles. The number of benzene rings is 5. The number of hydrogen-bond donors (Lipinski definition) is 2. The van der Waals surface area contributed by atoms with E-state index < -0.39 is 5.97 Å². The van der Waals surface area contributed by atoms with E-state index in [2.05, 4.69) is 15.8 Å². The Hall–Kier alpha value is -4.97. The van der Waals surface area contributed by atoms with Gasteiger partial charge in [0.1, 0.15) is 5.75 Å². The SMILES string of the molecule is O=C(CNc1cccc2ccccc12)N/N=C\c1ccc(OC(=O)c2cccc3ccccc23)cc1. The maximum absolute atomic E-state index is 12.7. The second-order valence-electron chi connectivity index (χ2n) is 8.16. The summed E-state index contributed by atoms with van der Waals surface area (Å²) in [5, 5.41) is 11.2. The summed E-state index contributed by atoms with van der Waals surface area (Å²) in [6, 6.07) is 34.0. The molecule has 6 heteroatoms. The number of fused-ring (bicyclic) bond motifs is 2. The van der Waals surface area contributed by atoms with Crippen LogP contribution in [0.5, 0.6) is 5.75 Å². The molecule has 0 aliphatic rings. The number of esters is 1. The van der Waals surface area contributed by atoms with Crippen LogP contribution in [0.25, 0.3) is 21.5 Å². The number of nitrogens with zero attached hydrogens (tertiary/aromatic N) is 1. The number of nitrogens with one attached hydrogen (secondary N) is 2. The number of rotatable bonds is 7. The fourth-order valence-corrected chi connectivity index (χ4v) is 3.96. The first kappa shape index (κ1) is 22.8. The summed E-state index contributed by atoms with van der Waals surface area (Å²) in [5.74, 6) is -0.257. The minimum Gasteiger partial charge on any atom is -0.423 e. The first-order valence-electron chi connectivity index (χ1n) is 11.5. The van der Waals surface area contributed by atoms with E-state index in [4.69, 9.17) is 4.74 Å². The van der Waals surface area contributed by atoms with Crippen molar-refractivity contribution in [2.45, 2.75) is 0 Å². The molecule has 5 aromatic rings. The lowest BCUT2D eigenvalue weighted by molar-refractivity contribution is -0.119. The Labute approximate surface area is 208 Å². The van der Waals surface area contributed by atoms with Gasteiger partial charge in [0.25, 0.3) is 5.91 Å². The number of carbonyl (C=O) groups excluding carboxylic acids is 2. The first-order valence-corrected chi connectivity index (χ1v) is 11.5. The van der Waals surface area contributed by atoms with Gasteiger partial charge >= 0.3 is 5.97 Å². The molecule has 0 spiro atoms. The van der Waals surface area contributed by atoms with Gasteiger partial charge in [0.05, 0.1) is 18.3 Å². The minimum absolute atomic E-state index is 0.0917. The van der Waals surface area contributed by atoms with Crippen molar-refractivity contribution >= 4 is 45.3 Å². The Bertz CT molecular complexity index is 1570. The highest BCUT2D eigenvalue weighted by molar-refractivity contribution is 6.05. The predicted molar refractivity (Wildman–Crippen MR) is 144 cm³/mol. The highest BCUT2D eigenvalue weighted by atomic mass is 16.5. The number of ether oxygens (including phenoxy) is 1. The molecule has 36 heavy (non-hydrogen) atoms. The summed E-state index contributed by atoms with van der Waals surface area (Å²) in [6.45, 7) is 0.0917. The van der Waals surface area contributed by atoms with Crippen LogP contribution < -0.4 is 15.5 Å². The van der Waals surface area contributed by atoms with Crippen molar-refractivity contribution < 1.29 is 14.3 Å². The summed E-state index contributed by atoms with van der Waals surface area (Å²) in [5.41, 5.74) is 4.67. The molecule has 0 aliphatic heterocycles. The minimum atomic E-state index is -0.417. The Morgan fingerprint density at radius 3 is 2.14 bits per heavy atom. The molecule has 0 unspecified atom stereocenters. The predicted octanol–water partition coefficient (Wildman–Crippen LogP) is 5.77. The molecule has 5 rings (SSSR count). The number of carbonyl (C=O) groups is 2. The molecule has 176 valence electrons. The van der Waals surface area contributed by atoms with Crippen LogP contribution in [0, 0.1) is 0 Å². The smallest absolute Gasteiger partial charge is 0.344 e. The zero-order valence-electron chi connectivity index (χ0n) is 19.3. The van der Waals surface area contributed by atoms with E-state index in [-0.39, 0.29) is 12.5 Å². The molecule has 0 heterocycles. The lowest BCUT2D eigenvalue weighted by Gasteiger charge is -2.09. The maximum Gasteiger partial charge on any atom is 0.344 e. The quantitative estimate of drug-likeness (QED) is 0.136. The summed E-state index contributed by atoms with van der Waals surface area (Å²) in [7, 11) is 0. The van der Waals surface area contributed by atoms with E-state index in [0.29, 0.717) is 11.3 Å². The van der Waals surface area contributed by atoms with Crippen LogP contribution in [-0.2, 0) is 4.79 Å². The fraction of sp³-hybridized carbons (Fsp3) is 0.0333. The van der Waals surface area contributed by atoms with Crippen LogP contribution >= 0.6 is 0 Å². The van der Waals surface area contributed by atoms with Gasteiger partial charge in [0, 0.05) is 11.1 Å². The van der Waals surface area contributed by atoms with E-state index in [1.54, 1.807) is 30.3 Å². The average Bonchev–Trinajstić information content (AvgIpc) is 2.92. The van der Waals surface area contributed by atoms with E-state index in [1.165, 1.54) is 6.21 Å². The van der Waals surface area contributed by atoms with Gasteiger partial charge in [-0.2, -0.15) is 5.10 Å².